The van der Waals surface area contributed by atoms with Gasteiger partial charge in [0.05, 0.1) is 14.2 Å². The van der Waals surface area contributed by atoms with E-state index < -0.39 is 0 Å². The average molecular weight is 432 g/mol. The highest BCUT2D eigenvalue weighted by Gasteiger charge is 2.15. The van der Waals surface area contributed by atoms with Crippen LogP contribution in [0.4, 0.5) is 4.39 Å². The Hall–Kier alpha value is -3.80. The molecule has 0 aliphatic heterocycles. The van der Waals surface area contributed by atoms with Gasteiger partial charge in [-0.25, -0.2) is 4.39 Å². The molecule has 32 heavy (non-hydrogen) atoms. The largest absolute Gasteiger partial charge is 0.493 e. The van der Waals surface area contributed by atoms with Gasteiger partial charge in [-0.15, -0.1) is 0 Å². The first-order valence-corrected chi connectivity index (χ1v) is 10.4. The fraction of sp³-hybridized carbons (Fsp3) is 0.192. The van der Waals surface area contributed by atoms with Crippen molar-refractivity contribution in [1.29, 1.82) is 0 Å². The number of aromatic amines is 1. The van der Waals surface area contributed by atoms with Crippen molar-refractivity contribution in [1.82, 2.24) is 10.3 Å². The van der Waals surface area contributed by atoms with Crippen LogP contribution in [-0.4, -0.2) is 25.1 Å². The lowest BCUT2D eigenvalue weighted by Crippen LogP contribution is -2.23. The molecule has 4 rings (SSSR count). The average Bonchev–Trinajstić information content (AvgIpc) is 3.19. The highest BCUT2D eigenvalue weighted by molar-refractivity contribution is 5.91. The molecule has 0 radical (unpaired) electrons. The van der Waals surface area contributed by atoms with Crippen molar-refractivity contribution in [3.63, 3.8) is 0 Å². The third-order valence-electron chi connectivity index (χ3n) is 5.47. The zero-order chi connectivity index (χ0) is 22.5. The standard InChI is InChI=1S/C26H25FN2O3/c1-31-23-12-8-17(14-24(23)32-2)16-28-25(30)13-10-20-21-15-19(27)9-11-22(21)29-26(20)18-6-4-3-5-7-18/h3-9,11-12,14-15,29H,10,13,16H2,1-2H3,(H,28,30). The van der Waals surface area contributed by atoms with Crippen molar-refractivity contribution in [2.45, 2.75) is 19.4 Å². The predicted molar refractivity (Wildman–Crippen MR) is 123 cm³/mol. The number of benzene rings is 3. The fourth-order valence-corrected chi connectivity index (χ4v) is 3.85. The van der Waals surface area contributed by atoms with E-state index in [0.717, 1.165) is 33.3 Å². The summed E-state index contributed by atoms with van der Waals surface area (Å²) in [4.78, 5) is 16.0. The topological polar surface area (TPSA) is 63.3 Å². The van der Waals surface area contributed by atoms with E-state index in [2.05, 4.69) is 10.3 Å². The third kappa shape index (κ3) is 4.59. The monoisotopic (exact) mass is 432 g/mol. The van der Waals surface area contributed by atoms with Crippen LogP contribution in [-0.2, 0) is 17.8 Å². The van der Waals surface area contributed by atoms with Crippen LogP contribution in [0.5, 0.6) is 11.5 Å². The molecule has 0 fully saturated rings. The second kappa shape index (κ2) is 9.56. The summed E-state index contributed by atoms with van der Waals surface area (Å²) in [6, 6.07) is 20.1. The molecule has 0 spiro atoms. The minimum Gasteiger partial charge on any atom is -0.493 e. The summed E-state index contributed by atoms with van der Waals surface area (Å²) in [5.41, 5.74) is 4.62. The number of rotatable bonds is 8. The van der Waals surface area contributed by atoms with E-state index in [-0.39, 0.29) is 18.1 Å². The molecular formula is C26H25FN2O3. The summed E-state index contributed by atoms with van der Waals surface area (Å²) in [7, 11) is 3.16. The lowest BCUT2D eigenvalue weighted by molar-refractivity contribution is -0.121. The molecule has 0 saturated carbocycles. The number of nitrogens with one attached hydrogen (secondary N) is 2. The number of carbonyl (C=O) groups is 1. The van der Waals surface area contributed by atoms with Crippen molar-refractivity contribution in [2.24, 2.45) is 0 Å². The van der Waals surface area contributed by atoms with Crippen molar-refractivity contribution in [3.8, 4) is 22.8 Å². The highest BCUT2D eigenvalue weighted by Crippen LogP contribution is 2.32. The fourth-order valence-electron chi connectivity index (χ4n) is 3.85. The summed E-state index contributed by atoms with van der Waals surface area (Å²) in [6.45, 7) is 0.382. The number of ether oxygens (including phenoxy) is 2. The molecule has 0 aliphatic rings. The first kappa shape index (κ1) is 21.4. The molecule has 1 amide bonds. The summed E-state index contributed by atoms with van der Waals surface area (Å²) in [6.07, 6.45) is 0.780. The molecule has 1 heterocycles. The van der Waals surface area contributed by atoms with Gasteiger partial charge < -0.3 is 19.8 Å². The molecule has 3 aromatic carbocycles. The van der Waals surface area contributed by atoms with Gasteiger partial charge in [0.25, 0.3) is 0 Å². The van der Waals surface area contributed by atoms with Crippen molar-refractivity contribution < 1.29 is 18.7 Å². The van der Waals surface area contributed by atoms with Gasteiger partial charge in [-0.2, -0.15) is 0 Å². The van der Waals surface area contributed by atoms with Crippen LogP contribution < -0.4 is 14.8 Å². The van der Waals surface area contributed by atoms with Gasteiger partial charge >= 0.3 is 0 Å². The van der Waals surface area contributed by atoms with Crippen LogP contribution in [0.15, 0.2) is 66.7 Å². The normalized spacial score (nSPS) is 10.8. The van der Waals surface area contributed by atoms with E-state index in [0.29, 0.717) is 24.5 Å². The van der Waals surface area contributed by atoms with Crippen LogP contribution in [0.3, 0.4) is 0 Å². The Balaban J connectivity index is 1.49. The van der Waals surface area contributed by atoms with Gasteiger partial charge in [-0.05, 0) is 53.4 Å². The molecule has 6 heteroatoms. The number of hydrogen-bond donors (Lipinski definition) is 2. The Kier molecular flexibility index (Phi) is 6.40. The molecule has 1 aromatic heterocycles. The molecule has 5 nitrogen and oxygen atoms in total. The SMILES string of the molecule is COc1ccc(CNC(=O)CCc2c(-c3ccccc3)[nH]c3ccc(F)cc23)cc1OC. The van der Waals surface area contributed by atoms with Crippen LogP contribution in [0.25, 0.3) is 22.2 Å². The Morgan fingerprint density at radius 3 is 2.50 bits per heavy atom. The smallest absolute Gasteiger partial charge is 0.220 e. The maximum Gasteiger partial charge on any atom is 0.220 e. The molecule has 0 unspecified atom stereocenters. The minimum atomic E-state index is -0.296. The number of amides is 1. The Morgan fingerprint density at radius 2 is 1.75 bits per heavy atom. The predicted octanol–water partition coefficient (Wildman–Crippen LogP) is 5.24. The van der Waals surface area contributed by atoms with Gasteiger partial charge in [0.1, 0.15) is 5.82 Å². The second-order valence-corrected chi connectivity index (χ2v) is 7.50. The van der Waals surface area contributed by atoms with Crippen molar-refractivity contribution in [2.75, 3.05) is 14.2 Å². The summed E-state index contributed by atoms with van der Waals surface area (Å²) < 4.78 is 24.5. The van der Waals surface area contributed by atoms with E-state index in [1.807, 2.05) is 48.5 Å². The first-order valence-electron chi connectivity index (χ1n) is 10.4. The number of halogens is 1. The van der Waals surface area contributed by atoms with Crippen LogP contribution in [0.1, 0.15) is 17.5 Å². The third-order valence-corrected chi connectivity index (χ3v) is 5.47. The number of fused-ring (bicyclic) bond motifs is 1. The van der Waals surface area contributed by atoms with Crippen LogP contribution in [0.2, 0.25) is 0 Å². The van der Waals surface area contributed by atoms with Crippen molar-refractivity contribution >= 4 is 16.8 Å². The number of H-pyrrole nitrogens is 1. The van der Waals surface area contributed by atoms with E-state index in [9.17, 15) is 9.18 Å². The maximum absolute atomic E-state index is 13.9. The Bertz CT molecular complexity index is 1230. The summed E-state index contributed by atoms with van der Waals surface area (Å²) in [5, 5.41) is 3.75. The lowest BCUT2D eigenvalue weighted by atomic mass is 10.0. The van der Waals surface area contributed by atoms with Crippen molar-refractivity contribution in [3.05, 3.63) is 83.7 Å². The number of methoxy groups -OCH3 is 2. The Morgan fingerprint density at radius 1 is 0.969 bits per heavy atom. The zero-order valence-electron chi connectivity index (χ0n) is 18.1. The van der Waals surface area contributed by atoms with Gasteiger partial charge in [-0.3, -0.25) is 4.79 Å². The molecule has 4 aromatic rings. The number of hydrogen-bond acceptors (Lipinski definition) is 3. The van der Waals surface area contributed by atoms with E-state index in [4.69, 9.17) is 9.47 Å². The zero-order valence-corrected chi connectivity index (χ0v) is 18.1. The molecule has 0 aliphatic carbocycles. The summed E-state index contributed by atoms with van der Waals surface area (Å²) in [5.74, 6) is 0.884. The number of carbonyl (C=O) groups excluding carboxylic acids is 1. The molecular weight excluding hydrogens is 407 g/mol. The first-order chi connectivity index (χ1) is 15.6. The van der Waals surface area contributed by atoms with Gasteiger partial charge in [-0.1, -0.05) is 36.4 Å². The van der Waals surface area contributed by atoms with Crippen LogP contribution in [0, 0.1) is 5.82 Å². The lowest BCUT2D eigenvalue weighted by Gasteiger charge is -2.11. The molecule has 164 valence electrons. The molecule has 0 atom stereocenters. The van der Waals surface area contributed by atoms with Gasteiger partial charge in [0.15, 0.2) is 11.5 Å². The second-order valence-electron chi connectivity index (χ2n) is 7.50. The summed E-state index contributed by atoms with van der Waals surface area (Å²) >= 11 is 0. The van der Waals surface area contributed by atoms with E-state index in [1.54, 1.807) is 20.3 Å². The molecule has 0 bridgehead atoms. The molecule has 2 N–H and O–H groups in total. The maximum atomic E-state index is 13.9. The van der Waals surface area contributed by atoms with Crippen LogP contribution >= 0.6 is 0 Å². The Labute approximate surface area is 186 Å². The number of aryl methyl sites for hydroxylation is 1. The number of aromatic nitrogens is 1. The van der Waals surface area contributed by atoms with Gasteiger partial charge in [0, 0.05) is 29.6 Å². The molecule has 0 saturated heterocycles. The quantitative estimate of drug-likeness (QED) is 0.400. The highest BCUT2D eigenvalue weighted by atomic mass is 19.1. The van der Waals surface area contributed by atoms with E-state index >= 15 is 0 Å². The van der Waals surface area contributed by atoms with Gasteiger partial charge in [0.2, 0.25) is 5.91 Å². The van der Waals surface area contributed by atoms with E-state index in [1.165, 1.54) is 12.1 Å². The minimum absolute atomic E-state index is 0.0791.